The topological polar surface area (TPSA) is 64.3 Å². The number of aryl methyl sites for hydroxylation is 1. The Bertz CT molecular complexity index is 606. The van der Waals surface area contributed by atoms with Crippen molar-refractivity contribution in [2.75, 3.05) is 18.2 Å². The second kappa shape index (κ2) is 6.10. The Hall–Kier alpha value is -2.49. The summed E-state index contributed by atoms with van der Waals surface area (Å²) in [5.74, 6) is 0.254. The molecule has 0 unspecified atom stereocenters. The molecule has 4 nitrogen and oxygen atoms in total. The van der Waals surface area contributed by atoms with Crippen LogP contribution >= 0.6 is 0 Å². The highest BCUT2D eigenvalue weighted by Gasteiger charge is 2.13. The van der Waals surface area contributed by atoms with E-state index in [1.807, 2.05) is 24.3 Å². The van der Waals surface area contributed by atoms with Crippen LogP contribution in [0.3, 0.4) is 0 Å². The van der Waals surface area contributed by atoms with Crippen LogP contribution in [0.1, 0.15) is 22.8 Å². The van der Waals surface area contributed by atoms with Crippen molar-refractivity contribution in [3.63, 3.8) is 0 Å². The van der Waals surface area contributed by atoms with E-state index in [-0.39, 0.29) is 5.91 Å². The summed E-state index contributed by atoms with van der Waals surface area (Å²) in [5, 5.41) is 2.83. The number of anilines is 2. The Morgan fingerprint density at radius 3 is 2.50 bits per heavy atom. The number of para-hydroxylation sites is 1. The summed E-state index contributed by atoms with van der Waals surface area (Å²) in [6.45, 7) is 2.09. The van der Waals surface area contributed by atoms with Gasteiger partial charge in [-0.25, -0.2) is 0 Å². The van der Waals surface area contributed by atoms with Gasteiger partial charge in [-0.2, -0.15) is 0 Å². The minimum atomic E-state index is -0.245. The van der Waals surface area contributed by atoms with E-state index >= 15 is 0 Å². The van der Waals surface area contributed by atoms with E-state index in [1.165, 1.54) is 12.7 Å². The van der Waals surface area contributed by atoms with E-state index < -0.39 is 0 Å². The van der Waals surface area contributed by atoms with E-state index in [1.54, 1.807) is 18.2 Å². The molecule has 1 amide bonds. The number of nitrogen functional groups attached to an aromatic ring is 1. The van der Waals surface area contributed by atoms with Gasteiger partial charge in [-0.15, -0.1) is 0 Å². The molecule has 2 aromatic carbocycles. The van der Waals surface area contributed by atoms with Gasteiger partial charge in [0.2, 0.25) is 0 Å². The van der Waals surface area contributed by atoms with E-state index in [2.05, 4.69) is 12.2 Å². The Morgan fingerprint density at radius 2 is 1.90 bits per heavy atom. The fourth-order valence-electron chi connectivity index (χ4n) is 1.94. The quantitative estimate of drug-likeness (QED) is 0.839. The van der Waals surface area contributed by atoms with Gasteiger partial charge in [0.15, 0.2) is 0 Å². The predicted molar refractivity (Wildman–Crippen MR) is 81.2 cm³/mol. The van der Waals surface area contributed by atoms with Gasteiger partial charge < -0.3 is 15.8 Å². The summed E-state index contributed by atoms with van der Waals surface area (Å²) in [5.41, 5.74) is 8.63. The number of carbonyl (C=O) groups excluding carboxylic acids is 1. The summed E-state index contributed by atoms with van der Waals surface area (Å²) in [4.78, 5) is 12.2. The van der Waals surface area contributed by atoms with Gasteiger partial charge >= 0.3 is 0 Å². The van der Waals surface area contributed by atoms with Gasteiger partial charge in [-0.05, 0) is 36.2 Å². The van der Waals surface area contributed by atoms with Crippen LogP contribution in [0.5, 0.6) is 5.75 Å². The molecule has 0 radical (unpaired) electrons. The summed E-state index contributed by atoms with van der Waals surface area (Å²) in [7, 11) is 1.52. The predicted octanol–water partition coefficient (Wildman–Crippen LogP) is 3.09. The van der Waals surface area contributed by atoms with E-state index in [4.69, 9.17) is 10.5 Å². The number of nitrogens with one attached hydrogen (secondary N) is 1. The number of ether oxygens (including phenoxy) is 1. The fourth-order valence-corrected chi connectivity index (χ4v) is 1.94. The van der Waals surface area contributed by atoms with E-state index in [0.717, 1.165) is 12.1 Å². The molecule has 2 rings (SSSR count). The number of nitrogens with two attached hydrogens (primary N) is 1. The molecule has 0 aliphatic heterocycles. The van der Waals surface area contributed by atoms with Crippen molar-refractivity contribution in [2.45, 2.75) is 13.3 Å². The summed E-state index contributed by atoms with van der Waals surface area (Å²) >= 11 is 0. The average Bonchev–Trinajstić information content (AvgIpc) is 2.48. The molecular weight excluding hydrogens is 252 g/mol. The molecule has 0 fully saturated rings. The van der Waals surface area contributed by atoms with E-state index in [9.17, 15) is 4.79 Å². The van der Waals surface area contributed by atoms with E-state index in [0.29, 0.717) is 17.0 Å². The highest BCUT2D eigenvalue weighted by atomic mass is 16.5. The number of hydrogen-bond acceptors (Lipinski definition) is 3. The third-order valence-corrected chi connectivity index (χ3v) is 3.15. The molecule has 0 aliphatic rings. The first-order valence-electron chi connectivity index (χ1n) is 6.48. The largest absolute Gasteiger partial charge is 0.495 e. The zero-order valence-corrected chi connectivity index (χ0v) is 11.6. The molecule has 0 atom stereocenters. The molecule has 0 aliphatic carbocycles. The monoisotopic (exact) mass is 270 g/mol. The maximum Gasteiger partial charge on any atom is 0.257 e. The van der Waals surface area contributed by atoms with Crippen molar-refractivity contribution < 1.29 is 9.53 Å². The van der Waals surface area contributed by atoms with Gasteiger partial charge in [0.05, 0.1) is 18.4 Å². The van der Waals surface area contributed by atoms with Crippen LogP contribution in [0.4, 0.5) is 11.4 Å². The SMILES string of the molecule is CCc1ccc(NC(=O)c2cccc(OC)c2N)cc1. The van der Waals surface area contributed by atoms with Crippen molar-refractivity contribution in [3.8, 4) is 5.75 Å². The second-order valence-electron chi connectivity index (χ2n) is 4.43. The highest BCUT2D eigenvalue weighted by molar-refractivity contribution is 6.08. The molecule has 20 heavy (non-hydrogen) atoms. The first-order valence-corrected chi connectivity index (χ1v) is 6.48. The third-order valence-electron chi connectivity index (χ3n) is 3.15. The molecule has 2 aromatic rings. The van der Waals surface area contributed by atoms with Crippen molar-refractivity contribution in [1.82, 2.24) is 0 Å². The molecule has 0 heterocycles. The Balaban J connectivity index is 2.19. The molecule has 3 N–H and O–H groups in total. The zero-order chi connectivity index (χ0) is 14.5. The number of carbonyl (C=O) groups is 1. The molecule has 0 saturated carbocycles. The first kappa shape index (κ1) is 13.9. The van der Waals surface area contributed by atoms with Crippen LogP contribution < -0.4 is 15.8 Å². The molecule has 4 heteroatoms. The lowest BCUT2D eigenvalue weighted by atomic mass is 10.1. The lowest BCUT2D eigenvalue weighted by molar-refractivity contribution is 0.102. The lowest BCUT2D eigenvalue weighted by Crippen LogP contribution is -2.14. The molecule has 0 aromatic heterocycles. The van der Waals surface area contributed by atoms with Gasteiger partial charge in [0, 0.05) is 5.69 Å². The number of methoxy groups -OCH3 is 1. The smallest absolute Gasteiger partial charge is 0.257 e. The zero-order valence-electron chi connectivity index (χ0n) is 11.6. The maximum atomic E-state index is 12.2. The van der Waals surface area contributed by atoms with Crippen molar-refractivity contribution in [3.05, 3.63) is 53.6 Å². The highest BCUT2D eigenvalue weighted by Crippen LogP contribution is 2.25. The molecule has 0 saturated heterocycles. The molecule has 0 spiro atoms. The first-order chi connectivity index (χ1) is 9.65. The van der Waals surface area contributed by atoms with Gasteiger partial charge in [-0.3, -0.25) is 4.79 Å². The fraction of sp³-hybridized carbons (Fsp3) is 0.188. The molecule has 104 valence electrons. The normalized spacial score (nSPS) is 10.1. The summed E-state index contributed by atoms with van der Waals surface area (Å²) < 4.78 is 5.11. The average molecular weight is 270 g/mol. The summed E-state index contributed by atoms with van der Waals surface area (Å²) in [6.07, 6.45) is 0.969. The Morgan fingerprint density at radius 1 is 1.20 bits per heavy atom. The lowest BCUT2D eigenvalue weighted by Gasteiger charge is -2.10. The second-order valence-corrected chi connectivity index (χ2v) is 4.43. The number of hydrogen-bond donors (Lipinski definition) is 2. The summed E-state index contributed by atoms with van der Waals surface area (Å²) in [6, 6.07) is 12.9. The van der Waals surface area contributed by atoms with Gasteiger partial charge in [0.25, 0.3) is 5.91 Å². The van der Waals surface area contributed by atoms with Crippen LogP contribution in [0.15, 0.2) is 42.5 Å². The Kier molecular flexibility index (Phi) is 4.25. The maximum absolute atomic E-state index is 12.2. The third kappa shape index (κ3) is 2.91. The minimum Gasteiger partial charge on any atom is -0.495 e. The molecular formula is C16H18N2O2. The van der Waals surface area contributed by atoms with Gasteiger partial charge in [0.1, 0.15) is 5.75 Å². The van der Waals surface area contributed by atoms with Crippen molar-refractivity contribution >= 4 is 17.3 Å². The number of benzene rings is 2. The van der Waals surface area contributed by atoms with Crippen LogP contribution in [0.2, 0.25) is 0 Å². The standard InChI is InChI=1S/C16H18N2O2/c1-3-11-7-9-12(10-8-11)18-16(19)13-5-4-6-14(20-2)15(13)17/h4-10H,3,17H2,1-2H3,(H,18,19). The van der Waals surface area contributed by atoms with Crippen LogP contribution in [-0.2, 0) is 6.42 Å². The molecule has 0 bridgehead atoms. The van der Waals surface area contributed by atoms with Crippen LogP contribution in [0.25, 0.3) is 0 Å². The number of amides is 1. The Labute approximate surface area is 118 Å². The minimum absolute atomic E-state index is 0.245. The van der Waals surface area contributed by atoms with Gasteiger partial charge in [-0.1, -0.05) is 25.1 Å². The van der Waals surface area contributed by atoms with Crippen molar-refractivity contribution in [2.24, 2.45) is 0 Å². The van der Waals surface area contributed by atoms with Crippen molar-refractivity contribution in [1.29, 1.82) is 0 Å². The number of rotatable bonds is 4. The van der Waals surface area contributed by atoms with Crippen LogP contribution in [0, 0.1) is 0 Å². The van der Waals surface area contributed by atoms with Crippen LogP contribution in [-0.4, -0.2) is 13.0 Å².